The van der Waals surface area contributed by atoms with Gasteiger partial charge in [0.2, 0.25) is 5.91 Å². The summed E-state index contributed by atoms with van der Waals surface area (Å²) in [4.78, 5) is 30.7. The van der Waals surface area contributed by atoms with E-state index in [1.54, 1.807) is 0 Å². The second kappa shape index (κ2) is 13.2. The maximum Gasteiger partial charge on any atom is 0.335 e. The van der Waals surface area contributed by atoms with Crippen LogP contribution in [0.15, 0.2) is 83.7 Å². The molecule has 0 fully saturated rings. The van der Waals surface area contributed by atoms with E-state index in [1.165, 1.54) is 0 Å². The molecule has 0 bridgehead atoms. The number of rotatable bonds is 10. The molecule has 4 rings (SSSR count). The first-order valence-electron chi connectivity index (χ1n) is 12.8. The van der Waals surface area contributed by atoms with E-state index in [9.17, 15) is 73.7 Å². The lowest BCUT2D eigenvalue weighted by molar-refractivity contribution is -0.114. The molecule has 8 N–H and O–H groups in total. The zero-order valence-electron chi connectivity index (χ0n) is 24.4. The zero-order valence-corrected chi connectivity index (χ0v) is 26.9. The van der Waals surface area contributed by atoms with Gasteiger partial charge in [-0.3, -0.25) is 18.5 Å². The minimum atomic E-state index is -5.41. The van der Waals surface area contributed by atoms with Crippen LogP contribution >= 0.6 is 0 Å². The van der Waals surface area contributed by atoms with Crippen molar-refractivity contribution in [2.75, 3.05) is 5.32 Å². The smallest absolute Gasteiger partial charge is 0.335 e. The zero-order chi connectivity index (χ0) is 37.5. The highest BCUT2D eigenvalue weighted by Crippen LogP contribution is 2.50. The first kappa shape index (κ1) is 36.9. The number of carboxylic acids is 2. The lowest BCUT2D eigenvalue weighted by Crippen LogP contribution is -2.07. The van der Waals surface area contributed by atoms with Gasteiger partial charge in [-0.1, -0.05) is 0 Å². The van der Waals surface area contributed by atoms with Crippen LogP contribution in [0.1, 0.15) is 27.6 Å². The maximum atomic E-state index is 12.3. The third-order valence-electron chi connectivity index (χ3n) is 6.30. The lowest BCUT2D eigenvalue weighted by atomic mass is 10.1. The summed E-state index contributed by atoms with van der Waals surface area (Å²) in [5, 5.41) is 55.5. The van der Waals surface area contributed by atoms with E-state index >= 15 is 0 Å². The molecule has 24 heteroatoms. The highest BCUT2D eigenvalue weighted by atomic mass is 32.2. The molecule has 0 spiro atoms. The molecule has 4 aromatic carbocycles. The van der Waals surface area contributed by atoms with E-state index in [0.717, 1.165) is 43.3 Å². The molecular weight excluding hydrogens is 735 g/mol. The number of phenols is 2. The van der Waals surface area contributed by atoms with Gasteiger partial charge in [0, 0.05) is 12.6 Å². The van der Waals surface area contributed by atoms with Crippen molar-refractivity contribution in [1.29, 1.82) is 0 Å². The summed E-state index contributed by atoms with van der Waals surface area (Å²) in [5.41, 5.74) is -4.88. The second-order valence-corrected chi connectivity index (χ2v) is 14.0. The molecule has 0 aliphatic carbocycles. The van der Waals surface area contributed by atoms with Gasteiger partial charge in [-0.05, 0) is 53.9 Å². The van der Waals surface area contributed by atoms with Crippen LogP contribution in [0.5, 0.6) is 11.5 Å². The van der Waals surface area contributed by atoms with Crippen molar-refractivity contribution >= 4 is 87.4 Å². The van der Waals surface area contributed by atoms with Crippen molar-refractivity contribution in [1.82, 2.24) is 0 Å². The minimum Gasteiger partial charge on any atom is -0.505 e. The maximum absolute atomic E-state index is 12.3. The lowest BCUT2D eigenvalue weighted by Gasteiger charge is -2.13. The molecule has 0 atom stereocenters. The fourth-order valence-corrected chi connectivity index (χ4v) is 6.22. The Balaban J connectivity index is 2.03. The standard InChI is InChI=1S/C26H19N5O16S3/c1-10(32)27-14-2-3-16(17(9-14)48(39,40)41)29-31-22-19(50(45,46)47)8-11-7-18(49(42,43)44)21(23(33)20(11)24(22)34)30-28-15-5-12(25(35)36)4-13(6-15)26(37)38/h2-9,33-34H,1H3,(H,27,32)(H,35,36)(H,37,38)(H,39,40,41)(H,42,43,44)(H,45,46,47). The van der Waals surface area contributed by atoms with Crippen molar-refractivity contribution in [2.45, 2.75) is 21.6 Å². The summed E-state index contributed by atoms with van der Waals surface area (Å²) in [6.07, 6.45) is 0. The van der Waals surface area contributed by atoms with Gasteiger partial charge in [0.05, 0.1) is 22.2 Å². The Hall–Kier alpha value is -5.92. The highest BCUT2D eigenvalue weighted by Gasteiger charge is 2.29. The Morgan fingerprint density at radius 2 is 1.08 bits per heavy atom. The highest BCUT2D eigenvalue weighted by molar-refractivity contribution is 7.86. The van der Waals surface area contributed by atoms with Crippen LogP contribution in [0.4, 0.5) is 28.4 Å². The number of carbonyl (C=O) groups is 3. The summed E-state index contributed by atoms with van der Waals surface area (Å²) in [7, 11) is -15.9. The van der Waals surface area contributed by atoms with Gasteiger partial charge in [-0.2, -0.15) is 30.4 Å². The van der Waals surface area contributed by atoms with E-state index in [0.29, 0.717) is 12.1 Å². The van der Waals surface area contributed by atoms with Crippen molar-refractivity contribution in [3.8, 4) is 11.5 Å². The van der Waals surface area contributed by atoms with E-state index < -0.39 is 119 Å². The number of carbonyl (C=O) groups excluding carboxylic acids is 1. The van der Waals surface area contributed by atoms with Crippen molar-refractivity contribution in [2.24, 2.45) is 20.5 Å². The number of amides is 1. The Labute approximate surface area is 279 Å². The van der Waals surface area contributed by atoms with Crippen LogP contribution in [-0.2, 0) is 35.1 Å². The number of fused-ring (bicyclic) bond motifs is 1. The van der Waals surface area contributed by atoms with E-state index in [4.69, 9.17) is 0 Å². The van der Waals surface area contributed by atoms with Crippen LogP contribution in [-0.4, -0.2) is 77.2 Å². The third-order valence-corrected chi connectivity index (χ3v) is 8.92. The number of anilines is 1. The number of aromatic hydroxyl groups is 2. The van der Waals surface area contributed by atoms with E-state index in [2.05, 4.69) is 25.8 Å². The predicted molar refractivity (Wildman–Crippen MR) is 166 cm³/mol. The van der Waals surface area contributed by atoms with Gasteiger partial charge >= 0.3 is 11.9 Å². The topological polar surface area (TPSA) is 357 Å². The van der Waals surface area contributed by atoms with Crippen LogP contribution in [0.25, 0.3) is 10.8 Å². The molecule has 0 aromatic heterocycles. The Morgan fingerprint density at radius 1 is 0.620 bits per heavy atom. The number of carboxylic acid groups (broad SMARTS) is 2. The number of aromatic carboxylic acids is 2. The number of nitrogens with zero attached hydrogens (tertiary/aromatic N) is 4. The van der Waals surface area contributed by atoms with Gasteiger partial charge in [-0.15, -0.1) is 15.3 Å². The largest absolute Gasteiger partial charge is 0.505 e. The molecule has 262 valence electrons. The number of hydrogen-bond donors (Lipinski definition) is 8. The van der Waals surface area contributed by atoms with Crippen LogP contribution in [0.3, 0.4) is 0 Å². The molecular formula is C26H19N5O16S3. The summed E-state index contributed by atoms with van der Waals surface area (Å²) in [6, 6.07) is 6.06. The van der Waals surface area contributed by atoms with Crippen molar-refractivity contribution in [3.05, 3.63) is 59.7 Å². The first-order valence-corrected chi connectivity index (χ1v) is 17.2. The number of nitrogens with one attached hydrogen (secondary N) is 1. The van der Waals surface area contributed by atoms with Crippen LogP contribution in [0, 0.1) is 0 Å². The van der Waals surface area contributed by atoms with Gasteiger partial charge in [0.1, 0.15) is 31.7 Å². The summed E-state index contributed by atoms with van der Waals surface area (Å²) >= 11 is 0. The molecule has 0 saturated carbocycles. The monoisotopic (exact) mass is 753 g/mol. The van der Waals surface area contributed by atoms with Gasteiger partial charge in [0.25, 0.3) is 30.4 Å². The average Bonchev–Trinajstić information content (AvgIpc) is 2.98. The third kappa shape index (κ3) is 7.86. The number of benzene rings is 4. The number of azo groups is 2. The Kier molecular flexibility index (Phi) is 9.73. The molecule has 0 aliphatic rings. The molecule has 0 unspecified atom stereocenters. The Morgan fingerprint density at radius 3 is 1.50 bits per heavy atom. The second-order valence-electron chi connectivity index (χ2n) is 9.81. The first-order chi connectivity index (χ1) is 23.0. The molecule has 0 radical (unpaired) electrons. The van der Waals surface area contributed by atoms with Gasteiger partial charge < -0.3 is 25.7 Å². The predicted octanol–water partition coefficient (Wildman–Crippen LogP) is 4.18. The van der Waals surface area contributed by atoms with Crippen molar-refractivity contribution < 1.29 is 73.7 Å². The van der Waals surface area contributed by atoms with Crippen LogP contribution < -0.4 is 5.32 Å². The van der Waals surface area contributed by atoms with E-state index in [1.807, 2.05) is 0 Å². The van der Waals surface area contributed by atoms with Gasteiger partial charge in [0.15, 0.2) is 11.5 Å². The SMILES string of the molecule is CC(=O)Nc1ccc(N=Nc2c(S(=O)(=O)O)cc3cc(S(=O)(=O)O)c(N=Nc4cc(C(=O)O)cc(C(=O)O)c4)c(O)c3c2O)c(S(=O)(=O)O)c1. The molecule has 4 aromatic rings. The molecule has 21 nitrogen and oxygen atoms in total. The number of hydrogen-bond acceptors (Lipinski definition) is 15. The fraction of sp³-hybridized carbons (Fsp3) is 0.0385. The normalized spacial score (nSPS) is 12.5. The molecule has 0 heterocycles. The molecule has 50 heavy (non-hydrogen) atoms. The summed E-state index contributed by atoms with van der Waals surface area (Å²) in [6.45, 7) is 1.09. The Bertz CT molecular complexity index is 2520. The van der Waals surface area contributed by atoms with E-state index in [-0.39, 0.29) is 5.69 Å². The molecule has 1 amide bonds. The summed E-state index contributed by atoms with van der Waals surface area (Å²) < 4.78 is 103. The summed E-state index contributed by atoms with van der Waals surface area (Å²) in [5.74, 6) is -6.52. The van der Waals surface area contributed by atoms with Gasteiger partial charge in [-0.25, -0.2) is 9.59 Å². The quantitative estimate of drug-likeness (QED) is 0.0831. The molecule has 0 saturated heterocycles. The number of phenolic OH excluding ortho intramolecular Hbond substituents is 2. The average molecular weight is 754 g/mol. The van der Waals surface area contributed by atoms with Crippen molar-refractivity contribution in [3.63, 3.8) is 0 Å². The fourth-order valence-electron chi connectivity index (χ4n) is 4.26. The minimum absolute atomic E-state index is 0.133. The van der Waals surface area contributed by atoms with Crippen LogP contribution in [0.2, 0.25) is 0 Å². The molecule has 0 aliphatic heterocycles.